The average Bonchev–Trinajstić information content (AvgIpc) is 3.44. The van der Waals surface area contributed by atoms with E-state index in [0.717, 1.165) is 38.5 Å². The SMILES string of the molecule is O=C(c1ccc(OC2CCCC2)nc1)N1C2CCC1CC(n1nccn1)C2. The number of fused-ring (bicyclic) bond motifs is 2. The van der Waals surface area contributed by atoms with Gasteiger partial charge in [-0.2, -0.15) is 15.0 Å². The predicted octanol–water partition coefficient (Wildman–Crippen LogP) is 3.00. The number of hydrogen-bond acceptors (Lipinski definition) is 5. The highest BCUT2D eigenvalue weighted by Gasteiger charge is 2.44. The molecule has 2 saturated heterocycles. The molecule has 0 aromatic carbocycles. The highest BCUT2D eigenvalue weighted by atomic mass is 16.5. The molecule has 7 nitrogen and oxygen atoms in total. The van der Waals surface area contributed by atoms with Crippen LogP contribution in [0.25, 0.3) is 0 Å². The van der Waals surface area contributed by atoms with Crippen LogP contribution in [0, 0.1) is 0 Å². The average molecular weight is 367 g/mol. The minimum absolute atomic E-state index is 0.0919. The molecular weight excluding hydrogens is 342 g/mol. The number of hydrogen-bond donors (Lipinski definition) is 0. The standard InChI is InChI=1S/C20H25N5O2/c26-20(14-5-8-19(21-13-14)27-18-3-1-2-4-18)24-15-6-7-16(24)12-17(11-15)25-22-9-10-23-25/h5,8-10,13,15-18H,1-4,6-7,11-12H2. The molecule has 2 aromatic rings. The van der Waals surface area contributed by atoms with Gasteiger partial charge in [-0.1, -0.05) is 0 Å². The van der Waals surface area contributed by atoms with Gasteiger partial charge in [0.2, 0.25) is 5.88 Å². The highest BCUT2D eigenvalue weighted by Crippen LogP contribution is 2.41. The smallest absolute Gasteiger partial charge is 0.255 e. The van der Waals surface area contributed by atoms with Gasteiger partial charge >= 0.3 is 0 Å². The molecule has 1 aliphatic carbocycles. The van der Waals surface area contributed by atoms with Crippen LogP contribution in [0.4, 0.5) is 0 Å². The molecular formula is C20H25N5O2. The molecule has 0 spiro atoms. The van der Waals surface area contributed by atoms with E-state index in [4.69, 9.17) is 4.74 Å². The first-order chi connectivity index (χ1) is 13.3. The third-order valence-corrected chi connectivity index (χ3v) is 6.28. The summed E-state index contributed by atoms with van der Waals surface area (Å²) in [5, 5.41) is 8.59. The lowest BCUT2D eigenvalue weighted by Gasteiger charge is -2.38. The lowest BCUT2D eigenvalue weighted by molar-refractivity contribution is 0.0511. The van der Waals surface area contributed by atoms with Crippen molar-refractivity contribution < 1.29 is 9.53 Å². The van der Waals surface area contributed by atoms with Crippen molar-refractivity contribution in [3.8, 4) is 5.88 Å². The second-order valence-corrected chi connectivity index (χ2v) is 7.98. The Balaban J connectivity index is 1.27. The fourth-order valence-electron chi connectivity index (χ4n) is 4.99. The summed E-state index contributed by atoms with van der Waals surface area (Å²) in [5.41, 5.74) is 0.654. The molecule has 1 amide bonds. The highest BCUT2D eigenvalue weighted by molar-refractivity contribution is 5.94. The summed E-state index contributed by atoms with van der Waals surface area (Å²) in [6.07, 6.45) is 14.0. The lowest BCUT2D eigenvalue weighted by Crippen LogP contribution is -2.47. The van der Waals surface area contributed by atoms with Crippen molar-refractivity contribution in [1.29, 1.82) is 0 Å². The van der Waals surface area contributed by atoms with Crippen LogP contribution in [0.3, 0.4) is 0 Å². The maximum absolute atomic E-state index is 13.1. The number of pyridine rings is 1. The molecule has 142 valence electrons. The van der Waals surface area contributed by atoms with Crippen molar-refractivity contribution in [2.45, 2.75) is 75.6 Å². The Morgan fingerprint density at radius 1 is 0.963 bits per heavy atom. The van der Waals surface area contributed by atoms with Crippen LogP contribution in [0.15, 0.2) is 30.7 Å². The second-order valence-electron chi connectivity index (χ2n) is 7.98. The molecule has 2 bridgehead atoms. The van der Waals surface area contributed by atoms with Crippen LogP contribution in [-0.4, -0.2) is 49.0 Å². The summed E-state index contributed by atoms with van der Waals surface area (Å²) in [5.74, 6) is 0.721. The van der Waals surface area contributed by atoms with Crippen molar-refractivity contribution in [3.05, 3.63) is 36.3 Å². The van der Waals surface area contributed by atoms with Crippen molar-refractivity contribution >= 4 is 5.91 Å². The number of aromatic nitrogens is 4. The molecule has 0 N–H and O–H groups in total. The summed E-state index contributed by atoms with van der Waals surface area (Å²) >= 11 is 0. The fourth-order valence-corrected chi connectivity index (χ4v) is 4.99. The molecule has 5 rings (SSSR count). The first-order valence-electron chi connectivity index (χ1n) is 10.1. The summed E-state index contributed by atoms with van der Waals surface area (Å²) in [7, 11) is 0. The Bertz CT molecular complexity index is 771. The molecule has 1 saturated carbocycles. The maximum Gasteiger partial charge on any atom is 0.255 e. The van der Waals surface area contributed by atoms with Gasteiger partial charge in [0, 0.05) is 24.3 Å². The van der Waals surface area contributed by atoms with Gasteiger partial charge in [0.05, 0.1) is 24.0 Å². The van der Waals surface area contributed by atoms with E-state index in [0.29, 0.717) is 17.5 Å². The Morgan fingerprint density at radius 2 is 1.67 bits per heavy atom. The second kappa shape index (κ2) is 6.94. The summed E-state index contributed by atoms with van der Waals surface area (Å²) in [6, 6.07) is 4.53. The molecule has 7 heteroatoms. The van der Waals surface area contributed by atoms with Crippen LogP contribution < -0.4 is 4.74 Å². The van der Waals surface area contributed by atoms with Gasteiger partial charge in [-0.3, -0.25) is 4.79 Å². The molecule has 0 radical (unpaired) electrons. The van der Waals surface area contributed by atoms with E-state index in [1.54, 1.807) is 18.6 Å². The number of carbonyl (C=O) groups excluding carboxylic acids is 1. The fraction of sp³-hybridized carbons (Fsp3) is 0.600. The normalized spacial score (nSPS) is 27.9. The third kappa shape index (κ3) is 3.19. The van der Waals surface area contributed by atoms with Crippen LogP contribution >= 0.6 is 0 Å². The van der Waals surface area contributed by atoms with Crippen molar-refractivity contribution in [2.75, 3.05) is 0 Å². The van der Waals surface area contributed by atoms with E-state index < -0.39 is 0 Å². The first-order valence-corrected chi connectivity index (χ1v) is 10.1. The van der Waals surface area contributed by atoms with E-state index in [9.17, 15) is 4.79 Å². The van der Waals surface area contributed by atoms with Gasteiger partial charge in [-0.15, -0.1) is 0 Å². The van der Waals surface area contributed by atoms with Crippen molar-refractivity contribution in [3.63, 3.8) is 0 Å². The number of carbonyl (C=O) groups is 1. The quantitative estimate of drug-likeness (QED) is 0.831. The Labute approximate surface area is 158 Å². The number of rotatable bonds is 4. The molecule has 2 unspecified atom stereocenters. The number of nitrogens with zero attached hydrogens (tertiary/aromatic N) is 5. The van der Waals surface area contributed by atoms with E-state index in [1.165, 1.54) is 12.8 Å². The number of piperidine rings is 1. The Morgan fingerprint density at radius 3 is 2.30 bits per heavy atom. The van der Waals surface area contributed by atoms with Crippen molar-refractivity contribution in [2.24, 2.45) is 0 Å². The Kier molecular flexibility index (Phi) is 4.30. The number of amides is 1. The van der Waals surface area contributed by atoms with Crippen LogP contribution in [-0.2, 0) is 0 Å². The summed E-state index contributed by atoms with van der Waals surface area (Å²) in [6.45, 7) is 0. The maximum atomic E-state index is 13.1. The first kappa shape index (κ1) is 16.7. The molecule has 4 heterocycles. The molecule has 2 aromatic heterocycles. The zero-order valence-corrected chi connectivity index (χ0v) is 15.4. The zero-order chi connectivity index (χ0) is 18.2. The third-order valence-electron chi connectivity index (χ3n) is 6.28. The van der Waals surface area contributed by atoms with E-state index in [1.807, 2.05) is 16.9 Å². The largest absolute Gasteiger partial charge is 0.474 e. The van der Waals surface area contributed by atoms with E-state index >= 15 is 0 Å². The van der Waals surface area contributed by atoms with Crippen LogP contribution in [0.1, 0.15) is 67.8 Å². The topological polar surface area (TPSA) is 73.1 Å². The Hall–Kier alpha value is -2.44. The van der Waals surface area contributed by atoms with Gasteiger partial charge in [-0.05, 0) is 57.4 Å². The van der Waals surface area contributed by atoms with E-state index in [2.05, 4.69) is 20.1 Å². The van der Waals surface area contributed by atoms with Gasteiger partial charge in [0.25, 0.3) is 5.91 Å². The van der Waals surface area contributed by atoms with E-state index in [-0.39, 0.29) is 24.1 Å². The van der Waals surface area contributed by atoms with Gasteiger partial charge in [-0.25, -0.2) is 4.98 Å². The van der Waals surface area contributed by atoms with Gasteiger partial charge < -0.3 is 9.64 Å². The zero-order valence-electron chi connectivity index (χ0n) is 15.4. The summed E-state index contributed by atoms with van der Waals surface area (Å²) < 4.78 is 5.91. The van der Waals surface area contributed by atoms with Crippen molar-refractivity contribution in [1.82, 2.24) is 24.9 Å². The van der Waals surface area contributed by atoms with Gasteiger partial charge in [0.1, 0.15) is 6.10 Å². The molecule has 2 atom stereocenters. The molecule has 3 fully saturated rings. The molecule has 2 aliphatic heterocycles. The molecule has 27 heavy (non-hydrogen) atoms. The lowest BCUT2D eigenvalue weighted by atomic mass is 9.97. The van der Waals surface area contributed by atoms with Gasteiger partial charge in [0.15, 0.2) is 0 Å². The molecule has 3 aliphatic rings. The minimum Gasteiger partial charge on any atom is -0.474 e. The predicted molar refractivity (Wildman–Crippen MR) is 98.4 cm³/mol. The monoisotopic (exact) mass is 367 g/mol. The van der Waals surface area contributed by atoms with Crippen LogP contribution in [0.5, 0.6) is 5.88 Å². The minimum atomic E-state index is 0.0919. The van der Waals surface area contributed by atoms with Crippen LogP contribution in [0.2, 0.25) is 0 Å². The number of ether oxygens (including phenoxy) is 1. The summed E-state index contributed by atoms with van der Waals surface area (Å²) in [4.78, 5) is 21.4.